The highest BCUT2D eigenvalue weighted by molar-refractivity contribution is 7.08. The first-order valence-electron chi connectivity index (χ1n) is 10.2. The molecule has 1 aromatic heterocycles. The van der Waals surface area contributed by atoms with E-state index in [1.54, 1.807) is 25.6 Å². The molecule has 0 radical (unpaired) electrons. The third-order valence-electron chi connectivity index (χ3n) is 4.94. The molecule has 8 heteroatoms. The number of carbonyl (C=O) groups is 3. The van der Waals surface area contributed by atoms with Gasteiger partial charge in [-0.1, -0.05) is 18.2 Å². The summed E-state index contributed by atoms with van der Waals surface area (Å²) in [5, 5.41) is 8.46. The van der Waals surface area contributed by atoms with Gasteiger partial charge in [0.2, 0.25) is 0 Å². The van der Waals surface area contributed by atoms with Crippen molar-refractivity contribution < 1.29 is 23.9 Å². The fourth-order valence-corrected chi connectivity index (χ4v) is 3.75. The van der Waals surface area contributed by atoms with Gasteiger partial charge < -0.3 is 19.7 Å². The fourth-order valence-electron chi connectivity index (χ4n) is 3.12. The number of nitrogens with zero attached hydrogens (tertiary/aromatic N) is 1. The molecule has 0 fully saturated rings. The van der Waals surface area contributed by atoms with Crippen molar-refractivity contribution in [2.24, 2.45) is 0 Å². The van der Waals surface area contributed by atoms with E-state index in [1.807, 2.05) is 41.8 Å². The monoisotopic (exact) mass is 454 g/mol. The number of rotatable bonds is 10. The molecule has 0 unspecified atom stereocenters. The predicted octanol–water partition coefficient (Wildman–Crippen LogP) is 3.62. The topological polar surface area (TPSA) is 84.9 Å². The van der Waals surface area contributed by atoms with Crippen molar-refractivity contribution in [3.8, 4) is 5.75 Å². The lowest BCUT2D eigenvalue weighted by molar-refractivity contribution is -0.151. The van der Waals surface area contributed by atoms with Crippen LogP contribution in [0, 0.1) is 0 Å². The molecule has 3 aromatic rings. The first kappa shape index (κ1) is 23.3. The smallest absolute Gasteiger partial charge is 0.306 e. The minimum atomic E-state index is -0.462. The van der Waals surface area contributed by atoms with Crippen LogP contribution >= 0.6 is 11.3 Å². The van der Waals surface area contributed by atoms with Crippen LogP contribution < -0.4 is 10.1 Å². The van der Waals surface area contributed by atoms with Gasteiger partial charge in [-0.25, -0.2) is 0 Å². The number of thiophene rings is 1. The minimum absolute atomic E-state index is 0.134. The number of hydrogen-bond donors (Lipinski definition) is 1. The first-order valence-corrected chi connectivity index (χ1v) is 11.2. The molecule has 0 aliphatic carbocycles. The molecule has 0 aliphatic rings. The number of benzene rings is 2. The second-order valence-electron chi connectivity index (χ2n) is 7.33. The first-order chi connectivity index (χ1) is 15.5. The summed E-state index contributed by atoms with van der Waals surface area (Å²) in [5.41, 5.74) is 1.59. The van der Waals surface area contributed by atoms with Crippen molar-refractivity contribution in [1.29, 1.82) is 0 Å². The third-order valence-corrected chi connectivity index (χ3v) is 5.62. The molecule has 7 nitrogen and oxygen atoms in total. The molecule has 1 N–H and O–H groups in total. The molecule has 0 saturated heterocycles. The fraction of sp³-hybridized carbons (Fsp3) is 0.292. The normalized spacial score (nSPS) is 10.6. The van der Waals surface area contributed by atoms with Crippen LogP contribution in [0.4, 0.5) is 0 Å². The van der Waals surface area contributed by atoms with E-state index in [0.717, 1.165) is 22.1 Å². The second-order valence-corrected chi connectivity index (χ2v) is 8.11. The molecule has 2 amide bonds. The SMILES string of the molecule is COc1ccc2cc(CN(C)C(=O)COC(=O)CCCNC(=O)c3ccsc3)ccc2c1. The van der Waals surface area contributed by atoms with E-state index < -0.39 is 5.97 Å². The van der Waals surface area contributed by atoms with Crippen LogP contribution in [0.15, 0.2) is 53.2 Å². The number of fused-ring (bicyclic) bond motifs is 1. The van der Waals surface area contributed by atoms with Gasteiger partial charge in [0, 0.05) is 37.5 Å². The van der Waals surface area contributed by atoms with Crippen LogP contribution in [0.25, 0.3) is 10.8 Å². The van der Waals surface area contributed by atoms with Crippen molar-refractivity contribution in [3.63, 3.8) is 0 Å². The minimum Gasteiger partial charge on any atom is -0.497 e. The summed E-state index contributed by atoms with van der Waals surface area (Å²) in [7, 11) is 3.31. The molecular formula is C24H26N2O5S. The number of ether oxygens (including phenoxy) is 2. The van der Waals surface area contributed by atoms with E-state index in [2.05, 4.69) is 5.32 Å². The molecule has 0 bridgehead atoms. The van der Waals surface area contributed by atoms with E-state index in [1.165, 1.54) is 16.2 Å². The molecule has 2 aromatic carbocycles. The van der Waals surface area contributed by atoms with Crippen LogP contribution in [-0.4, -0.2) is 50.0 Å². The Hall–Kier alpha value is -3.39. The summed E-state index contributed by atoms with van der Waals surface area (Å²) >= 11 is 1.45. The van der Waals surface area contributed by atoms with Crippen LogP contribution in [0.5, 0.6) is 5.75 Å². The van der Waals surface area contributed by atoms with E-state index in [0.29, 0.717) is 25.1 Å². The summed E-state index contributed by atoms with van der Waals surface area (Å²) in [6.07, 6.45) is 0.579. The lowest BCUT2D eigenvalue weighted by Crippen LogP contribution is -2.31. The maximum atomic E-state index is 12.3. The summed E-state index contributed by atoms with van der Waals surface area (Å²) in [4.78, 5) is 37.6. The number of nitrogens with one attached hydrogen (secondary N) is 1. The highest BCUT2D eigenvalue weighted by atomic mass is 32.1. The highest BCUT2D eigenvalue weighted by Gasteiger charge is 2.13. The molecule has 0 atom stereocenters. The van der Waals surface area contributed by atoms with E-state index in [-0.39, 0.29) is 24.8 Å². The predicted molar refractivity (Wildman–Crippen MR) is 124 cm³/mol. The van der Waals surface area contributed by atoms with Crippen molar-refractivity contribution >= 4 is 39.9 Å². The lowest BCUT2D eigenvalue weighted by atomic mass is 10.1. The van der Waals surface area contributed by atoms with Crippen molar-refractivity contribution in [3.05, 3.63) is 64.4 Å². The Morgan fingerprint density at radius 3 is 2.59 bits per heavy atom. The van der Waals surface area contributed by atoms with Gasteiger partial charge in [-0.05, 0) is 52.4 Å². The van der Waals surface area contributed by atoms with Crippen LogP contribution in [-0.2, 0) is 20.9 Å². The largest absolute Gasteiger partial charge is 0.497 e. The summed E-state index contributed by atoms with van der Waals surface area (Å²) < 4.78 is 10.3. The Morgan fingerprint density at radius 1 is 1.06 bits per heavy atom. The van der Waals surface area contributed by atoms with Gasteiger partial charge >= 0.3 is 5.97 Å². The Balaban J connectivity index is 1.38. The summed E-state index contributed by atoms with van der Waals surface area (Å²) in [6, 6.07) is 13.5. The molecular weight excluding hydrogens is 428 g/mol. The van der Waals surface area contributed by atoms with Gasteiger partial charge in [0.25, 0.3) is 11.8 Å². The van der Waals surface area contributed by atoms with Gasteiger partial charge in [-0.3, -0.25) is 14.4 Å². The number of esters is 1. The third kappa shape index (κ3) is 6.55. The lowest BCUT2D eigenvalue weighted by Gasteiger charge is -2.17. The second kappa shape index (κ2) is 11.3. The highest BCUT2D eigenvalue weighted by Crippen LogP contribution is 2.22. The van der Waals surface area contributed by atoms with Crippen LogP contribution in [0.1, 0.15) is 28.8 Å². The number of likely N-dealkylation sites (N-methyl/N-ethyl adjacent to an activating group) is 1. The standard InChI is InChI=1S/C24H26N2O5S/c1-26(14-17-5-6-19-13-21(30-2)8-7-18(19)12-17)22(27)15-31-23(28)4-3-10-25-24(29)20-9-11-32-16-20/h5-9,11-13,16H,3-4,10,14-15H2,1-2H3,(H,25,29). The maximum Gasteiger partial charge on any atom is 0.306 e. The van der Waals surface area contributed by atoms with Crippen molar-refractivity contribution in [2.45, 2.75) is 19.4 Å². The molecule has 168 valence electrons. The Morgan fingerprint density at radius 2 is 1.84 bits per heavy atom. The van der Waals surface area contributed by atoms with Gasteiger partial charge in [-0.15, -0.1) is 0 Å². The zero-order valence-corrected chi connectivity index (χ0v) is 18.9. The molecule has 3 rings (SSSR count). The quantitative estimate of drug-likeness (QED) is 0.374. The van der Waals surface area contributed by atoms with Gasteiger partial charge in [0.1, 0.15) is 5.75 Å². The Bertz CT molecular complexity index is 1080. The summed E-state index contributed by atoms with van der Waals surface area (Å²) in [5.74, 6) is -0.108. The maximum absolute atomic E-state index is 12.3. The average Bonchev–Trinajstić information content (AvgIpc) is 3.35. The number of amides is 2. The number of methoxy groups -OCH3 is 1. The zero-order valence-electron chi connectivity index (χ0n) is 18.1. The van der Waals surface area contributed by atoms with Gasteiger partial charge in [0.05, 0.1) is 7.11 Å². The molecule has 0 saturated carbocycles. The summed E-state index contributed by atoms with van der Waals surface area (Å²) in [6.45, 7) is 0.472. The molecule has 32 heavy (non-hydrogen) atoms. The van der Waals surface area contributed by atoms with Crippen molar-refractivity contribution in [1.82, 2.24) is 10.2 Å². The molecule has 0 spiro atoms. The van der Waals surface area contributed by atoms with Crippen LogP contribution in [0.2, 0.25) is 0 Å². The Labute approximate surface area is 190 Å². The van der Waals surface area contributed by atoms with Gasteiger partial charge in [-0.2, -0.15) is 11.3 Å². The molecule has 0 aliphatic heterocycles. The average molecular weight is 455 g/mol. The molecule has 1 heterocycles. The van der Waals surface area contributed by atoms with E-state index in [4.69, 9.17) is 9.47 Å². The van der Waals surface area contributed by atoms with E-state index >= 15 is 0 Å². The number of hydrogen-bond acceptors (Lipinski definition) is 6. The zero-order chi connectivity index (χ0) is 22.9. The van der Waals surface area contributed by atoms with Crippen molar-refractivity contribution in [2.75, 3.05) is 27.3 Å². The van der Waals surface area contributed by atoms with Crippen LogP contribution in [0.3, 0.4) is 0 Å². The van der Waals surface area contributed by atoms with E-state index in [9.17, 15) is 14.4 Å². The number of carbonyl (C=O) groups excluding carboxylic acids is 3. The Kier molecular flexibility index (Phi) is 8.21. The van der Waals surface area contributed by atoms with Gasteiger partial charge in [0.15, 0.2) is 6.61 Å².